The summed E-state index contributed by atoms with van der Waals surface area (Å²) in [6.07, 6.45) is 0. The Balaban J connectivity index is 2.14. The van der Waals surface area contributed by atoms with E-state index in [-0.39, 0.29) is 11.1 Å². The Morgan fingerprint density at radius 1 is 1.56 bits per heavy atom. The number of thioether (sulfide) groups is 1. The zero-order chi connectivity index (χ0) is 11.7. The largest absolute Gasteiger partial charge is 0.507 e. The number of aliphatic carboxylic acids is 1. The van der Waals surface area contributed by atoms with Gasteiger partial charge in [-0.1, -0.05) is 6.07 Å². The van der Waals surface area contributed by atoms with Gasteiger partial charge in [-0.3, -0.25) is 10.1 Å². The van der Waals surface area contributed by atoms with Crippen molar-refractivity contribution in [3.05, 3.63) is 28.2 Å². The lowest BCUT2D eigenvalue weighted by Gasteiger charge is -2.12. The average Bonchev–Trinajstić information content (AvgIpc) is 2.71. The predicted octanol–water partition coefficient (Wildman–Crippen LogP) is 1.94. The van der Waals surface area contributed by atoms with E-state index in [4.69, 9.17) is 5.11 Å². The Morgan fingerprint density at radius 3 is 2.88 bits per heavy atom. The van der Waals surface area contributed by atoms with Crippen molar-refractivity contribution in [2.24, 2.45) is 0 Å². The number of hydrogen-bond acceptors (Lipinski definition) is 4. The molecule has 1 aliphatic heterocycles. The van der Waals surface area contributed by atoms with Gasteiger partial charge in [0.1, 0.15) is 11.8 Å². The molecule has 1 aromatic rings. The summed E-state index contributed by atoms with van der Waals surface area (Å²) in [6.45, 7) is 0. The van der Waals surface area contributed by atoms with E-state index < -0.39 is 12.0 Å². The summed E-state index contributed by atoms with van der Waals surface area (Å²) in [5, 5.41) is 21.2. The standard InChI is InChI=1S/C10H10BrNO3S/c11-6-3-5(1-2-8(6)13)9-12-7(4-16-9)10(14)15/h1-3,7,9,12-13H,4H2,(H,14,15). The van der Waals surface area contributed by atoms with Gasteiger partial charge in [-0.05, 0) is 33.6 Å². The van der Waals surface area contributed by atoms with E-state index in [2.05, 4.69) is 21.2 Å². The molecule has 1 saturated heterocycles. The molecule has 3 N–H and O–H groups in total. The molecule has 2 unspecified atom stereocenters. The van der Waals surface area contributed by atoms with E-state index >= 15 is 0 Å². The van der Waals surface area contributed by atoms with Crippen LogP contribution in [0.3, 0.4) is 0 Å². The highest BCUT2D eigenvalue weighted by atomic mass is 79.9. The first-order chi connectivity index (χ1) is 7.58. The molecule has 0 amide bonds. The highest BCUT2D eigenvalue weighted by Gasteiger charge is 2.30. The number of carboxylic acid groups (broad SMARTS) is 1. The summed E-state index contributed by atoms with van der Waals surface area (Å²) in [5.41, 5.74) is 0.957. The van der Waals surface area contributed by atoms with Crippen LogP contribution in [0.25, 0.3) is 0 Å². The molecule has 4 nitrogen and oxygen atoms in total. The van der Waals surface area contributed by atoms with Crippen molar-refractivity contribution in [2.45, 2.75) is 11.4 Å². The van der Waals surface area contributed by atoms with Crippen LogP contribution >= 0.6 is 27.7 Å². The van der Waals surface area contributed by atoms with E-state index in [1.54, 1.807) is 30.0 Å². The van der Waals surface area contributed by atoms with Crippen LogP contribution in [-0.4, -0.2) is 28.0 Å². The molecular weight excluding hydrogens is 294 g/mol. The van der Waals surface area contributed by atoms with Crippen molar-refractivity contribution in [3.8, 4) is 5.75 Å². The number of phenolic OH excluding ortho intramolecular Hbond substituents is 1. The van der Waals surface area contributed by atoms with Crippen molar-refractivity contribution in [1.29, 1.82) is 0 Å². The molecule has 1 aliphatic rings. The molecule has 0 spiro atoms. The maximum Gasteiger partial charge on any atom is 0.321 e. The maximum atomic E-state index is 10.8. The SMILES string of the molecule is O=C(O)C1CSC(c2ccc(O)c(Br)c2)N1. The molecule has 0 bridgehead atoms. The van der Waals surface area contributed by atoms with Gasteiger partial charge < -0.3 is 10.2 Å². The summed E-state index contributed by atoms with van der Waals surface area (Å²) in [6, 6.07) is 4.68. The maximum absolute atomic E-state index is 10.8. The second-order valence-corrected chi connectivity index (χ2v) is 5.47. The highest BCUT2D eigenvalue weighted by Crippen LogP contribution is 2.35. The molecule has 1 fully saturated rings. The Kier molecular flexibility index (Phi) is 3.41. The summed E-state index contributed by atoms with van der Waals surface area (Å²) in [4.78, 5) is 10.8. The summed E-state index contributed by atoms with van der Waals surface area (Å²) in [7, 11) is 0. The number of rotatable bonds is 2. The summed E-state index contributed by atoms with van der Waals surface area (Å²) in [5.74, 6) is -0.0900. The van der Waals surface area contributed by atoms with E-state index in [1.165, 1.54) is 0 Å². The van der Waals surface area contributed by atoms with Crippen LogP contribution in [0.4, 0.5) is 0 Å². The quantitative estimate of drug-likeness (QED) is 0.779. The van der Waals surface area contributed by atoms with Gasteiger partial charge in [0.25, 0.3) is 0 Å². The lowest BCUT2D eigenvalue weighted by atomic mass is 10.2. The van der Waals surface area contributed by atoms with Gasteiger partial charge in [0, 0.05) is 5.75 Å². The van der Waals surface area contributed by atoms with Crippen LogP contribution in [0.2, 0.25) is 0 Å². The minimum absolute atomic E-state index is 0.0296. The third-order valence-electron chi connectivity index (χ3n) is 2.35. The molecule has 2 rings (SSSR count). The van der Waals surface area contributed by atoms with Gasteiger partial charge in [0.2, 0.25) is 0 Å². The van der Waals surface area contributed by atoms with Crippen LogP contribution < -0.4 is 5.32 Å². The van der Waals surface area contributed by atoms with Crippen LogP contribution in [0.5, 0.6) is 5.75 Å². The molecule has 86 valence electrons. The number of phenols is 1. The highest BCUT2D eigenvalue weighted by molar-refractivity contribution is 9.10. The van der Waals surface area contributed by atoms with Crippen LogP contribution in [0.1, 0.15) is 10.9 Å². The van der Waals surface area contributed by atoms with Gasteiger partial charge in [-0.2, -0.15) is 0 Å². The number of carbonyl (C=O) groups is 1. The molecule has 0 aliphatic carbocycles. The first-order valence-corrected chi connectivity index (χ1v) is 6.51. The van der Waals surface area contributed by atoms with E-state index in [0.717, 1.165) is 5.56 Å². The number of carboxylic acids is 1. The molecule has 16 heavy (non-hydrogen) atoms. The molecule has 0 aromatic heterocycles. The zero-order valence-corrected chi connectivity index (χ0v) is 10.6. The van der Waals surface area contributed by atoms with Gasteiger partial charge in [-0.15, -0.1) is 11.8 Å². The molecule has 0 radical (unpaired) electrons. The Bertz CT molecular complexity index is 427. The van der Waals surface area contributed by atoms with E-state index in [0.29, 0.717) is 10.2 Å². The van der Waals surface area contributed by atoms with E-state index in [9.17, 15) is 9.90 Å². The normalized spacial score (nSPS) is 24.6. The Morgan fingerprint density at radius 2 is 2.31 bits per heavy atom. The third-order valence-corrected chi connectivity index (χ3v) is 4.26. The summed E-state index contributed by atoms with van der Waals surface area (Å²) >= 11 is 4.79. The Labute approximate surface area is 105 Å². The average molecular weight is 304 g/mol. The van der Waals surface area contributed by atoms with E-state index in [1.807, 2.05) is 0 Å². The predicted molar refractivity (Wildman–Crippen MR) is 65.6 cm³/mol. The van der Waals surface area contributed by atoms with Gasteiger partial charge in [-0.25, -0.2) is 0 Å². The fourth-order valence-corrected chi connectivity index (χ4v) is 3.11. The number of benzene rings is 1. The van der Waals surface area contributed by atoms with Gasteiger partial charge in [0.15, 0.2) is 0 Å². The molecule has 0 saturated carbocycles. The van der Waals surface area contributed by atoms with Crippen LogP contribution in [-0.2, 0) is 4.79 Å². The third kappa shape index (κ3) is 2.34. The van der Waals surface area contributed by atoms with Crippen molar-refractivity contribution in [1.82, 2.24) is 5.32 Å². The number of aromatic hydroxyl groups is 1. The number of hydrogen-bond donors (Lipinski definition) is 3. The van der Waals surface area contributed by atoms with Crippen molar-refractivity contribution in [2.75, 3.05) is 5.75 Å². The lowest BCUT2D eigenvalue weighted by molar-refractivity contribution is -0.138. The second kappa shape index (κ2) is 4.65. The first kappa shape index (κ1) is 11.8. The molecule has 1 heterocycles. The van der Waals surface area contributed by atoms with Crippen LogP contribution in [0, 0.1) is 0 Å². The molecule has 1 aromatic carbocycles. The molecule has 2 atom stereocenters. The summed E-state index contributed by atoms with van der Waals surface area (Å²) < 4.78 is 0.617. The minimum atomic E-state index is -0.826. The van der Waals surface area contributed by atoms with Crippen LogP contribution in [0.15, 0.2) is 22.7 Å². The topological polar surface area (TPSA) is 69.6 Å². The van der Waals surface area contributed by atoms with Crippen molar-refractivity contribution >= 4 is 33.7 Å². The second-order valence-electron chi connectivity index (χ2n) is 3.48. The number of halogens is 1. The van der Waals surface area contributed by atoms with Gasteiger partial charge >= 0.3 is 5.97 Å². The molecular formula is C10H10BrNO3S. The monoisotopic (exact) mass is 303 g/mol. The first-order valence-electron chi connectivity index (χ1n) is 4.67. The Hall–Kier alpha value is -0.720. The smallest absolute Gasteiger partial charge is 0.321 e. The number of nitrogens with one attached hydrogen (secondary N) is 1. The zero-order valence-electron chi connectivity index (χ0n) is 8.18. The fraction of sp³-hybridized carbons (Fsp3) is 0.300. The van der Waals surface area contributed by atoms with Gasteiger partial charge in [0.05, 0.1) is 9.85 Å². The fourth-order valence-electron chi connectivity index (χ4n) is 1.49. The lowest BCUT2D eigenvalue weighted by Crippen LogP contribution is -2.33. The minimum Gasteiger partial charge on any atom is -0.507 e. The molecule has 6 heteroatoms. The van der Waals surface area contributed by atoms with Crippen molar-refractivity contribution < 1.29 is 15.0 Å². The van der Waals surface area contributed by atoms with Crippen molar-refractivity contribution in [3.63, 3.8) is 0 Å².